The van der Waals surface area contributed by atoms with Gasteiger partial charge in [0.1, 0.15) is 5.04 Å². The van der Waals surface area contributed by atoms with Crippen LogP contribution in [0, 0.1) is 0 Å². The Morgan fingerprint density at radius 1 is 1.29 bits per heavy atom. The van der Waals surface area contributed by atoms with Crippen LogP contribution in [0.1, 0.15) is 16.7 Å². The third-order valence-electron chi connectivity index (χ3n) is 3.91. The molecule has 5 heteroatoms. The van der Waals surface area contributed by atoms with Crippen molar-refractivity contribution in [2.75, 3.05) is 0 Å². The van der Waals surface area contributed by atoms with E-state index in [1.807, 2.05) is 42.5 Å². The van der Waals surface area contributed by atoms with Gasteiger partial charge in [0, 0.05) is 20.6 Å². The smallest absolute Gasteiger partial charge is 0.197 e. The van der Waals surface area contributed by atoms with Crippen LogP contribution in [0.25, 0.3) is 0 Å². The van der Waals surface area contributed by atoms with Gasteiger partial charge < -0.3 is 5.11 Å². The summed E-state index contributed by atoms with van der Waals surface area (Å²) in [4.78, 5) is 4.65. The van der Waals surface area contributed by atoms with Gasteiger partial charge in [-0.3, -0.25) is 0 Å². The molecule has 0 saturated heterocycles. The SMILES string of the molecule is OC12N=C(c3ccccc3)SC1Cc1cc(Cl)cc(Br)c12. The lowest BCUT2D eigenvalue weighted by Crippen LogP contribution is -2.28. The molecule has 1 N–H and O–H groups in total. The lowest BCUT2D eigenvalue weighted by atomic mass is 10.1. The molecule has 1 aliphatic carbocycles. The molecule has 0 fully saturated rings. The highest BCUT2D eigenvalue weighted by Gasteiger charge is 2.52. The van der Waals surface area contributed by atoms with Gasteiger partial charge in [-0.05, 0) is 24.1 Å². The summed E-state index contributed by atoms with van der Waals surface area (Å²) in [5.74, 6) is 0. The van der Waals surface area contributed by atoms with Crippen molar-refractivity contribution in [1.82, 2.24) is 0 Å². The van der Waals surface area contributed by atoms with E-state index in [9.17, 15) is 5.11 Å². The van der Waals surface area contributed by atoms with Gasteiger partial charge in [0.15, 0.2) is 5.72 Å². The second-order valence-electron chi connectivity index (χ2n) is 5.24. The van der Waals surface area contributed by atoms with Crippen molar-refractivity contribution in [3.05, 3.63) is 68.7 Å². The van der Waals surface area contributed by atoms with E-state index in [0.29, 0.717) is 5.02 Å². The van der Waals surface area contributed by atoms with Gasteiger partial charge in [0.25, 0.3) is 0 Å². The fourth-order valence-corrected chi connectivity index (χ4v) is 5.48. The molecule has 2 aromatic rings. The minimum atomic E-state index is -1.16. The summed E-state index contributed by atoms with van der Waals surface area (Å²) in [7, 11) is 0. The van der Waals surface area contributed by atoms with Gasteiger partial charge in [-0.2, -0.15) is 0 Å². The standard InChI is InChI=1S/C16H11BrClNOS/c17-12-8-11(18)6-10-7-13-16(20,14(10)12)19-15(21-13)9-4-2-1-3-5-9/h1-6,8,13,20H,7H2. The summed E-state index contributed by atoms with van der Waals surface area (Å²) in [5, 5.41) is 12.7. The summed E-state index contributed by atoms with van der Waals surface area (Å²) < 4.78 is 0.827. The molecule has 0 spiro atoms. The molecule has 1 aliphatic heterocycles. The van der Waals surface area contributed by atoms with Gasteiger partial charge in [-0.1, -0.05) is 69.6 Å². The van der Waals surface area contributed by atoms with Crippen LogP contribution in [0.3, 0.4) is 0 Å². The number of aliphatic hydroxyl groups is 1. The largest absolute Gasteiger partial charge is 0.364 e. The summed E-state index contributed by atoms with van der Waals surface area (Å²) in [6.45, 7) is 0. The highest BCUT2D eigenvalue weighted by Crippen LogP contribution is 2.53. The van der Waals surface area contributed by atoms with Crippen molar-refractivity contribution < 1.29 is 5.11 Å². The molecule has 21 heavy (non-hydrogen) atoms. The maximum atomic E-state index is 11.1. The van der Waals surface area contributed by atoms with E-state index in [2.05, 4.69) is 20.9 Å². The van der Waals surface area contributed by atoms with Crippen molar-refractivity contribution in [3.8, 4) is 0 Å². The van der Waals surface area contributed by atoms with Crippen molar-refractivity contribution in [2.45, 2.75) is 17.4 Å². The lowest BCUT2D eigenvalue weighted by Gasteiger charge is -2.20. The summed E-state index contributed by atoms with van der Waals surface area (Å²) in [6, 6.07) is 13.7. The number of halogens is 2. The van der Waals surface area contributed by atoms with Crippen LogP contribution in [-0.2, 0) is 12.1 Å². The fraction of sp³-hybridized carbons (Fsp3) is 0.188. The van der Waals surface area contributed by atoms with E-state index in [-0.39, 0.29) is 5.25 Å². The lowest BCUT2D eigenvalue weighted by molar-refractivity contribution is 0.0574. The van der Waals surface area contributed by atoms with E-state index in [4.69, 9.17) is 11.6 Å². The number of nitrogens with zero attached hydrogens (tertiary/aromatic N) is 1. The summed E-state index contributed by atoms with van der Waals surface area (Å²) >= 11 is 11.3. The maximum absolute atomic E-state index is 11.1. The normalized spacial score (nSPS) is 26.4. The van der Waals surface area contributed by atoms with Crippen molar-refractivity contribution >= 4 is 44.3 Å². The second kappa shape index (κ2) is 4.85. The molecule has 2 nitrogen and oxygen atoms in total. The third kappa shape index (κ3) is 2.08. The van der Waals surface area contributed by atoms with Crippen LogP contribution in [-0.4, -0.2) is 15.4 Å². The molecular weight excluding hydrogens is 370 g/mol. The van der Waals surface area contributed by atoms with Gasteiger partial charge in [-0.15, -0.1) is 0 Å². The Balaban J connectivity index is 1.84. The van der Waals surface area contributed by atoms with Crippen molar-refractivity contribution in [2.24, 2.45) is 4.99 Å². The topological polar surface area (TPSA) is 32.6 Å². The predicted molar refractivity (Wildman–Crippen MR) is 91.1 cm³/mol. The molecule has 1 heterocycles. The number of rotatable bonds is 1. The highest BCUT2D eigenvalue weighted by molar-refractivity contribution is 9.10. The first-order valence-electron chi connectivity index (χ1n) is 6.60. The van der Waals surface area contributed by atoms with Crippen molar-refractivity contribution in [3.63, 3.8) is 0 Å². The highest BCUT2D eigenvalue weighted by atomic mass is 79.9. The van der Waals surface area contributed by atoms with Crippen LogP contribution in [0.2, 0.25) is 5.02 Å². The van der Waals surface area contributed by atoms with Crippen LogP contribution in [0.15, 0.2) is 51.9 Å². The van der Waals surface area contributed by atoms with Gasteiger partial charge >= 0.3 is 0 Å². The van der Waals surface area contributed by atoms with E-state index in [1.54, 1.807) is 11.8 Å². The Bertz CT molecular complexity index is 764. The minimum Gasteiger partial charge on any atom is -0.364 e. The van der Waals surface area contributed by atoms with Crippen LogP contribution in [0.4, 0.5) is 0 Å². The van der Waals surface area contributed by atoms with Crippen LogP contribution >= 0.6 is 39.3 Å². The zero-order valence-corrected chi connectivity index (χ0v) is 14.0. The molecule has 2 aliphatic rings. The maximum Gasteiger partial charge on any atom is 0.197 e. The predicted octanol–water partition coefficient (Wildman–Crippen LogP) is 4.37. The molecule has 106 valence electrons. The Kier molecular flexibility index (Phi) is 3.19. The second-order valence-corrected chi connectivity index (χ2v) is 7.72. The number of aliphatic imine (C=N–C) groups is 1. The number of fused-ring (bicyclic) bond motifs is 3. The molecule has 0 saturated carbocycles. The van der Waals surface area contributed by atoms with Gasteiger partial charge in [0.2, 0.25) is 0 Å². The van der Waals surface area contributed by atoms with E-state index < -0.39 is 5.72 Å². The zero-order chi connectivity index (χ0) is 14.6. The Labute approximate surface area is 140 Å². The zero-order valence-electron chi connectivity index (χ0n) is 10.9. The van der Waals surface area contributed by atoms with Gasteiger partial charge in [-0.25, -0.2) is 4.99 Å². The van der Waals surface area contributed by atoms with Crippen LogP contribution < -0.4 is 0 Å². The third-order valence-corrected chi connectivity index (χ3v) is 6.08. The van der Waals surface area contributed by atoms with E-state index in [0.717, 1.165) is 32.6 Å². The average Bonchev–Trinajstić information content (AvgIpc) is 2.89. The number of benzene rings is 2. The fourth-order valence-electron chi connectivity index (χ4n) is 2.98. The number of thioether (sulfide) groups is 1. The minimum absolute atomic E-state index is 0.0115. The molecule has 0 aromatic heterocycles. The van der Waals surface area contributed by atoms with Crippen molar-refractivity contribution in [1.29, 1.82) is 0 Å². The molecule has 0 bridgehead atoms. The monoisotopic (exact) mass is 379 g/mol. The molecule has 0 amide bonds. The average molecular weight is 381 g/mol. The Morgan fingerprint density at radius 2 is 2.05 bits per heavy atom. The first-order chi connectivity index (χ1) is 10.1. The summed E-state index contributed by atoms with van der Waals surface area (Å²) in [5.41, 5.74) is 1.83. The quantitative estimate of drug-likeness (QED) is 0.797. The number of hydrogen-bond donors (Lipinski definition) is 1. The Morgan fingerprint density at radius 3 is 2.81 bits per heavy atom. The van der Waals surface area contributed by atoms with Crippen LogP contribution in [0.5, 0.6) is 0 Å². The number of hydrogen-bond acceptors (Lipinski definition) is 3. The summed E-state index contributed by atoms with van der Waals surface area (Å²) in [6.07, 6.45) is 0.773. The van der Waals surface area contributed by atoms with Gasteiger partial charge in [0.05, 0.1) is 5.25 Å². The molecule has 2 aromatic carbocycles. The Hall–Kier alpha value is -0.810. The van der Waals surface area contributed by atoms with E-state index >= 15 is 0 Å². The molecule has 2 atom stereocenters. The molecule has 2 unspecified atom stereocenters. The molecule has 4 rings (SSSR count). The molecular formula is C16H11BrClNOS. The van der Waals surface area contributed by atoms with E-state index in [1.165, 1.54) is 0 Å². The molecule has 0 radical (unpaired) electrons. The first kappa shape index (κ1) is 13.8. The first-order valence-corrected chi connectivity index (χ1v) is 8.66.